The third-order valence-electron chi connectivity index (χ3n) is 1.21. The summed E-state index contributed by atoms with van der Waals surface area (Å²) >= 11 is 6.95. The topological polar surface area (TPSA) is 0 Å². The Morgan fingerprint density at radius 3 is 1.25 bits per heavy atom. The summed E-state index contributed by atoms with van der Waals surface area (Å²) in [6.45, 7) is 4.49. The van der Waals surface area contributed by atoms with Crippen LogP contribution >= 0.6 is 91.7 Å². The Kier molecular flexibility index (Phi) is 33.0. The van der Waals surface area contributed by atoms with Crippen LogP contribution in [-0.4, -0.2) is -0.0619 Å². The summed E-state index contributed by atoms with van der Waals surface area (Å²) in [5.41, 5.74) is 0. The number of hydrogen-bond donors (Lipinski definition) is 0. The van der Waals surface area contributed by atoms with Gasteiger partial charge in [-0.3, -0.25) is 0 Å². The summed E-state index contributed by atoms with van der Waals surface area (Å²) in [4.78, 5) is 0. The first-order valence-corrected chi connectivity index (χ1v) is 7.81. The molecule has 0 radical (unpaired) electrons. The molecule has 0 bridgehead atoms. The van der Waals surface area contributed by atoms with Crippen LogP contribution in [0.2, 0.25) is 0 Å². The maximum atomic E-state index is 2.32. The van der Waals surface area contributed by atoms with Crippen molar-refractivity contribution < 1.29 is 0 Å². The van der Waals surface area contributed by atoms with E-state index in [2.05, 4.69) is 81.6 Å². The first kappa shape index (κ1) is 20.3. The van der Waals surface area contributed by atoms with Crippen molar-refractivity contribution in [2.24, 2.45) is 0 Å². The fraction of sp³-hybridized carbons (Fsp3) is 1.00. The predicted octanol–water partition coefficient (Wildman–Crippen LogP) is 6.17. The zero-order valence-corrected chi connectivity index (χ0v) is 16.5. The number of rotatable bonds is 4. The highest BCUT2D eigenvalue weighted by Gasteiger charge is 1.80. The highest BCUT2D eigenvalue weighted by atomic mass is 127. The molecule has 0 spiro atoms. The van der Waals surface area contributed by atoms with E-state index in [0.29, 0.717) is 0 Å². The Morgan fingerprint density at radius 1 is 0.833 bits per heavy atom. The molecule has 12 heavy (non-hydrogen) atoms. The van der Waals surface area contributed by atoms with Crippen LogP contribution in [-0.2, 0) is 0 Å². The van der Waals surface area contributed by atoms with Crippen molar-refractivity contribution in [3.05, 3.63) is 0 Å². The molecule has 0 nitrogen and oxygen atoms in total. The van der Waals surface area contributed by atoms with E-state index in [1.807, 2.05) is 0 Å². The van der Waals surface area contributed by atoms with E-state index in [9.17, 15) is 0 Å². The van der Waals surface area contributed by atoms with Crippen LogP contribution in [0.5, 0.6) is 0 Å². The molecule has 0 amide bonds. The third kappa shape index (κ3) is 38.3. The van der Waals surface area contributed by atoms with Crippen LogP contribution in [0, 0.1) is 0 Å². The molecule has 0 N–H and O–H groups in total. The molecule has 0 aliphatic heterocycles. The fourth-order valence-electron chi connectivity index (χ4n) is 0.677. The Labute approximate surface area is 135 Å². The largest absolute Gasteiger partial charge is 0.114 e. The molecule has 0 saturated carbocycles. The second-order valence-corrected chi connectivity index (χ2v) is 13.2. The molecule has 4 heteroatoms. The van der Waals surface area contributed by atoms with Gasteiger partial charge in [0.2, 0.25) is 0 Å². The van der Waals surface area contributed by atoms with Gasteiger partial charge in [-0.2, -0.15) is 0 Å². The molecule has 0 heterocycles. The average Bonchev–Trinajstić information content (AvgIpc) is 1.88. The molecule has 78 valence electrons. The zero-order valence-electron chi connectivity index (χ0n) is 7.66. The molecule has 0 aromatic heterocycles. The van der Waals surface area contributed by atoms with Crippen molar-refractivity contribution in [2.75, 3.05) is 0 Å². The molecular formula is C8H18I4. The lowest BCUT2D eigenvalue weighted by Gasteiger charge is -1.90. The van der Waals surface area contributed by atoms with Crippen molar-refractivity contribution in [3.8, 4) is 0 Å². The first-order valence-electron chi connectivity index (χ1n) is 4.07. The second-order valence-electron chi connectivity index (χ2n) is 2.31. The minimum absolute atomic E-state index is 0. The Morgan fingerprint density at radius 2 is 1.08 bits per heavy atom. The van der Waals surface area contributed by atoms with Gasteiger partial charge in [-0.25, -0.2) is 0 Å². The quantitative estimate of drug-likeness (QED) is 0.200. The van der Waals surface area contributed by atoms with Gasteiger partial charge in [0.1, 0.15) is -0.0619 Å². The predicted molar refractivity (Wildman–Crippen MR) is 95.7 cm³/mol. The molecular weight excluding hydrogens is 604 g/mol. The monoisotopic (exact) mass is 622 g/mol. The van der Waals surface area contributed by atoms with Crippen LogP contribution in [0.25, 0.3) is 0 Å². The number of hydrogen-bond acceptors (Lipinski definition) is 0. The van der Waals surface area contributed by atoms with Crippen LogP contribution < -0.4 is 0 Å². The fourth-order valence-corrected chi connectivity index (χ4v) is 0.677. The van der Waals surface area contributed by atoms with Gasteiger partial charge < -0.3 is 0 Å². The van der Waals surface area contributed by atoms with Gasteiger partial charge in [0.15, 0.2) is 0 Å². The van der Waals surface area contributed by atoms with E-state index < -0.39 is 0 Å². The average molecular weight is 622 g/mol. The highest BCUT2D eigenvalue weighted by Crippen LogP contribution is 2.16. The van der Waals surface area contributed by atoms with E-state index in [1.165, 1.54) is 32.1 Å². The smallest absolute Gasteiger partial charge is 0.107 e. The van der Waals surface area contributed by atoms with Crippen molar-refractivity contribution >= 4 is 91.7 Å². The Balaban J connectivity index is -0.000000142. The molecule has 0 saturated heterocycles. The maximum Gasteiger partial charge on any atom is 0.114 e. The molecule has 0 unspecified atom stereocenters. The normalized spacial score (nSPS) is 8.50. The lowest BCUT2D eigenvalue weighted by atomic mass is 10.2. The lowest BCUT2D eigenvalue weighted by Crippen LogP contribution is -1.70. The van der Waals surface area contributed by atoms with Gasteiger partial charge >= 0.3 is 0 Å². The lowest BCUT2D eigenvalue weighted by molar-refractivity contribution is 0.656. The van der Waals surface area contributed by atoms with Crippen LogP contribution in [0.4, 0.5) is 0 Å². The summed E-state index contributed by atoms with van der Waals surface area (Å²) < 4.78 is 0.743. The molecule has 0 rings (SSSR count). The Hall–Kier alpha value is 2.92. The van der Waals surface area contributed by atoms with Crippen LogP contribution in [0.3, 0.4) is 0 Å². The molecule has 0 atom stereocenters. The van der Waals surface area contributed by atoms with E-state index in [1.54, 1.807) is 0 Å². The standard InChI is InChI=1S/C7H16.CHI3.HI/c1-3-5-7-6-4-2;2-1(3)4;/h3-7H2,1-2H3;1H;1H. The van der Waals surface area contributed by atoms with Crippen molar-refractivity contribution in [1.29, 1.82) is 0 Å². The summed E-state index contributed by atoms with van der Waals surface area (Å²) in [5.74, 6) is 0. The molecule has 0 fully saturated rings. The minimum Gasteiger partial charge on any atom is -0.107 e. The zero-order chi connectivity index (χ0) is 9.11. The summed E-state index contributed by atoms with van der Waals surface area (Å²) in [6.07, 6.45) is 7.01. The summed E-state index contributed by atoms with van der Waals surface area (Å²) in [6, 6.07) is 0. The first-order chi connectivity index (χ1) is 5.15. The summed E-state index contributed by atoms with van der Waals surface area (Å²) in [7, 11) is 0. The van der Waals surface area contributed by atoms with Gasteiger partial charge in [-0.15, -0.1) is 24.0 Å². The van der Waals surface area contributed by atoms with Crippen molar-refractivity contribution in [3.63, 3.8) is 0 Å². The number of alkyl halides is 3. The number of halogens is 4. The third-order valence-corrected chi connectivity index (χ3v) is 1.21. The molecule has 0 aromatic rings. The molecule has 0 aliphatic rings. The van der Waals surface area contributed by atoms with Gasteiger partial charge in [-0.05, 0) is 0 Å². The van der Waals surface area contributed by atoms with Gasteiger partial charge in [0.25, 0.3) is 0 Å². The minimum atomic E-state index is 0. The van der Waals surface area contributed by atoms with Gasteiger partial charge in [-0.1, -0.05) is 114 Å². The van der Waals surface area contributed by atoms with E-state index in [-0.39, 0.29) is 24.0 Å². The molecule has 0 aromatic carbocycles. The van der Waals surface area contributed by atoms with E-state index in [0.717, 1.165) is -0.0619 Å². The SMILES string of the molecule is CCCCCCC.I.IC(I)I. The van der Waals surface area contributed by atoms with Crippen LogP contribution in [0.1, 0.15) is 46.0 Å². The van der Waals surface area contributed by atoms with Crippen molar-refractivity contribution in [2.45, 2.75) is 45.9 Å². The maximum absolute atomic E-state index is 2.32. The van der Waals surface area contributed by atoms with Crippen LogP contribution in [0.15, 0.2) is 0 Å². The van der Waals surface area contributed by atoms with E-state index in [4.69, 9.17) is 0 Å². The summed E-state index contributed by atoms with van der Waals surface area (Å²) in [5, 5.41) is 0. The molecule has 0 aliphatic carbocycles. The van der Waals surface area contributed by atoms with E-state index >= 15 is 0 Å². The van der Waals surface area contributed by atoms with Gasteiger partial charge in [0.05, 0.1) is 0 Å². The highest BCUT2D eigenvalue weighted by molar-refractivity contribution is 14.3. The van der Waals surface area contributed by atoms with Crippen molar-refractivity contribution in [1.82, 2.24) is 0 Å². The second kappa shape index (κ2) is 19.5. The number of unbranched alkanes of at least 4 members (excludes halogenated alkanes) is 4. The van der Waals surface area contributed by atoms with Gasteiger partial charge in [0, 0.05) is 0 Å². The Bertz CT molecular complexity index is 50.3.